The predicted molar refractivity (Wildman–Crippen MR) is 89.0 cm³/mol. The van der Waals surface area contributed by atoms with Crippen LogP contribution in [-0.2, 0) is 11.2 Å². The average Bonchev–Trinajstić information content (AvgIpc) is 3.12. The van der Waals surface area contributed by atoms with Crippen LogP contribution in [0, 0.1) is 0 Å². The van der Waals surface area contributed by atoms with E-state index in [4.69, 9.17) is 16.0 Å². The molecule has 0 unspecified atom stereocenters. The van der Waals surface area contributed by atoms with E-state index in [1.54, 1.807) is 18.2 Å². The van der Waals surface area contributed by atoms with Crippen LogP contribution in [0.4, 0.5) is 0 Å². The molecular formula is C16H9ClN2O3S. The lowest BCUT2D eigenvalue weighted by Gasteiger charge is -2.01. The highest BCUT2D eigenvalue weighted by molar-refractivity contribution is 7.00. The monoisotopic (exact) mass is 344 g/mol. The zero-order chi connectivity index (χ0) is 16.0. The van der Waals surface area contributed by atoms with Crippen LogP contribution < -0.4 is 0 Å². The smallest absolute Gasteiger partial charge is 0.307 e. The number of benzene rings is 2. The highest BCUT2D eigenvalue weighted by atomic mass is 35.5. The van der Waals surface area contributed by atoms with Crippen molar-refractivity contribution in [1.82, 2.24) is 8.75 Å². The first-order valence-electron chi connectivity index (χ1n) is 6.78. The number of halogens is 1. The molecule has 1 N–H and O–H groups in total. The first-order valence-corrected chi connectivity index (χ1v) is 7.88. The van der Waals surface area contributed by atoms with Crippen molar-refractivity contribution in [3.05, 3.63) is 47.0 Å². The van der Waals surface area contributed by atoms with E-state index >= 15 is 0 Å². The van der Waals surface area contributed by atoms with Crippen molar-refractivity contribution < 1.29 is 14.3 Å². The molecule has 2 heterocycles. The second-order valence-electron chi connectivity index (χ2n) is 5.06. The number of hydrogen-bond donors (Lipinski definition) is 1. The van der Waals surface area contributed by atoms with Crippen molar-refractivity contribution in [1.29, 1.82) is 0 Å². The van der Waals surface area contributed by atoms with E-state index in [1.807, 2.05) is 18.2 Å². The fourth-order valence-corrected chi connectivity index (χ4v) is 3.32. The van der Waals surface area contributed by atoms with E-state index < -0.39 is 5.97 Å². The van der Waals surface area contributed by atoms with Crippen LogP contribution in [0.5, 0.6) is 0 Å². The number of carboxylic acids is 1. The predicted octanol–water partition coefficient (Wildman–Crippen LogP) is 4.39. The molecule has 0 aliphatic carbocycles. The third-order valence-electron chi connectivity index (χ3n) is 3.61. The van der Waals surface area contributed by atoms with Gasteiger partial charge in [-0.2, -0.15) is 8.75 Å². The topological polar surface area (TPSA) is 76.2 Å². The van der Waals surface area contributed by atoms with Gasteiger partial charge in [0.1, 0.15) is 22.4 Å². The fraction of sp³-hybridized carbons (Fsp3) is 0.0625. The van der Waals surface area contributed by atoms with Crippen molar-refractivity contribution in [2.45, 2.75) is 6.42 Å². The van der Waals surface area contributed by atoms with E-state index in [2.05, 4.69) is 8.75 Å². The summed E-state index contributed by atoms with van der Waals surface area (Å²) in [5.74, 6) is -0.400. The maximum Gasteiger partial charge on any atom is 0.307 e. The number of fused-ring (bicyclic) bond motifs is 3. The van der Waals surface area contributed by atoms with Crippen molar-refractivity contribution in [2.24, 2.45) is 0 Å². The Morgan fingerprint density at radius 2 is 1.96 bits per heavy atom. The Morgan fingerprint density at radius 1 is 1.17 bits per heavy atom. The molecule has 2 aromatic heterocycles. The molecule has 0 bridgehead atoms. The van der Waals surface area contributed by atoms with E-state index in [-0.39, 0.29) is 6.42 Å². The fourth-order valence-electron chi connectivity index (χ4n) is 2.65. The molecule has 23 heavy (non-hydrogen) atoms. The molecule has 0 atom stereocenters. The Kier molecular flexibility index (Phi) is 3.28. The summed E-state index contributed by atoms with van der Waals surface area (Å²) < 4.78 is 14.4. The van der Waals surface area contributed by atoms with Crippen LogP contribution >= 0.6 is 23.3 Å². The molecule has 4 rings (SSSR count). The van der Waals surface area contributed by atoms with Crippen molar-refractivity contribution in [3.63, 3.8) is 0 Å². The van der Waals surface area contributed by atoms with Gasteiger partial charge in [-0.3, -0.25) is 4.79 Å². The Balaban J connectivity index is 2.06. The zero-order valence-corrected chi connectivity index (χ0v) is 13.2. The summed E-state index contributed by atoms with van der Waals surface area (Å²) in [6, 6.07) is 10.7. The van der Waals surface area contributed by atoms with Crippen molar-refractivity contribution >= 4 is 51.3 Å². The molecule has 0 spiro atoms. The second kappa shape index (κ2) is 5.33. The highest BCUT2D eigenvalue weighted by Gasteiger charge is 2.21. The van der Waals surface area contributed by atoms with Gasteiger partial charge in [0, 0.05) is 16.1 Å². The van der Waals surface area contributed by atoms with Gasteiger partial charge >= 0.3 is 5.97 Å². The van der Waals surface area contributed by atoms with Crippen molar-refractivity contribution in [2.75, 3.05) is 0 Å². The molecule has 0 amide bonds. The number of furan rings is 1. The van der Waals surface area contributed by atoms with Gasteiger partial charge in [0.15, 0.2) is 0 Å². The molecule has 4 aromatic rings. The molecular weight excluding hydrogens is 336 g/mol. The molecule has 0 fully saturated rings. The molecule has 5 nitrogen and oxygen atoms in total. The number of aromatic nitrogens is 2. The average molecular weight is 345 g/mol. The summed E-state index contributed by atoms with van der Waals surface area (Å²) in [4.78, 5) is 11.3. The minimum atomic E-state index is -0.928. The summed E-state index contributed by atoms with van der Waals surface area (Å²) in [7, 11) is 0. The third kappa shape index (κ3) is 2.36. The first kappa shape index (κ1) is 14.2. The minimum absolute atomic E-state index is 0.151. The van der Waals surface area contributed by atoms with Gasteiger partial charge in [-0.1, -0.05) is 11.6 Å². The number of hydrogen-bond acceptors (Lipinski definition) is 5. The van der Waals surface area contributed by atoms with Gasteiger partial charge in [0.2, 0.25) is 0 Å². The molecule has 0 aliphatic heterocycles. The van der Waals surface area contributed by atoms with Gasteiger partial charge in [-0.25, -0.2) is 0 Å². The molecule has 0 aliphatic rings. The molecule has 0 saturated carbocycles. The van der Waals surface area contributed by atoms with Gasteiger partial charge in [0.25, 0.3) is 0 Å². The summed E-state index contributed by atoms with van der Waals surface area (Å²) >= 11 is 7.02. The van der Waals surface area contributed by atoms with Crippen LogP contribution in [-0.4, -0.2) is 19.8 Å². The van der Waals surface area contributed by atoms with Crippen molar-refractivity contribution in [3.8, 4) is 11.3 Å². The van der Waals surface area contributed by atoms with Crippen LogP contribution in [0.3, 0.4) is 0 Å². The number of rotatable bonds is 3. The standard InChI is InChI=1S/C16H9ClN2O3S/c17-9-3-1-8(2-4-9)16-10(7-13(20)21)14-12(22-16)6-5-11-15(14)19-23-18-11/h1-6H,7H2,(H,20,21). The molecule has 114 valence electrons. The largest absolute Gasteiger partial charge is 0.481 e. The minimum Gasteiger partial charge on any atom is -0.481 e. The first-order chi connectivity index (χ1) is 11.1. The number of aliphatic carboxylic acids is 1. The Hall–Kier alpha value is -2.44. The maximum absolute atomic E-state index is 11.3. The molecule has 0 radical (unpaired) electrons. The lowest BCUT2D eigenvalue weighted by atomic mass is 10.0. The van der Waals surface area contributed by atoms with E-state index in [0.29, 0.717) is 32.8 Å². The van der Waals surface area contributed by atoms with Crippen LogP contribution in [0.25, 0.3) is 33.3 Å². The van der Waals surface area contributed by atoms with E-state index in [9.17, 15) is 9.90 Å². The SMILES string of the molecule is O=C(O)Cc1c(-c2ccc(Cl)cc2)oc2ccc3nsnc3c12. The number of carbonyl (C=O) groups is 1. The molecule has 2 aromatic carbocycles. The zero-order valence-electron chi connectivity index (χ0n) is 11.6. The van der Waals surface area contributed by atoms with Gasteiger partial charge in [-0.15, -0.1) is 0 Å². The molecule has 0 saturated heterocycles. The summed E-state index contributed by atoms with van der Waals surface area (Å²) in [6.45, 7) is 0. The van der Waals surface area contributed by atoms with Gasteiger partial charge < -0.3 is 9.52 Å². The quantitative estimate of drug-likeness (QED) is 0.596. The lowest BCUT2D eigenvalue weighted by Crippen LogP contribution is -2.00. The molecule has 7 heteroatoms. The van der Waals surface area contributed by atoms with Gasteiger partial charge in [-0.05, 0) is 36.4 Å². The van der Waals surface area contributed by atoms with E-state index in [1.165, 1.54) is 0 Å². The number of carboxylic acid groups (broad SMARTS) is 1. The lowest BCUT2D eigenvalue weighted by molar-refractivity contribution is -0.136. The summed E-state index contributed by atoms with van der Waals surface area (Å²) in [5.41, 5.74) is 3.39. The maximum atomic E-state index is 11.3. The van der Waals surface area contributed by atoms with Crippen LogP contribution in [0.1, 0.15) is 5.56 Å². The number of nitrogens with zero attached hydrogens (tertiary/aromatic N) is 2. The normalized spacial score (nSPS) is 11.3. The Morgan fingerprint density at radius 3 is 2.70 bits per heavy atom. The highest BCUT2D eigenvalue weighted by Crippen LogP contribution is 2.37. The Labute approximate surface area is 139 Å². The van der Waals surface area contributed by atoms with Crippen LogP contribution in [0.2, 0.25) is 5.02 Å². The summed E-state index contributed by atoms with van der Waals surface area (Å²) in [6.07, 6.45) is -0.151. The second-order valence-corrected chi connectivity index (χ2v) is 6.02. The summed E-state index contributed by atoms with van der Waals surface area (Å²) in [5, 5.41) is 10.6. The van der Waals surface area contributed by atoms with Crippen LogP contribution in [0.15, 0.2) is 40.8 Å². The third-order valence-corrected chi connectivity index (χ3v) is 4.41. The Bertz CT molecular complexity index is 1040. The van der Waals surface area contributed by atoms with Gasteiger partial charge in [0.05, 0.1) is 23.5 Å². The van der Waals surface area contributed by atoms with E-state index in [0.717, 1.165) is 22.8 Å².